The van der Waals surface area contributed by atoms with Gasteiger partial charge in [-0.05, 0) is 43.5 Å². The van der Waals surface area contributed by atoms with Crippen LogP contribution in [0.1, 0.15) is 37.7 Å². The lowest BCUT2D eigenvalue weighted by molar-refractivity contribution is 0.228. The third kappa shape index (κ3) is 4.04. The van der Waals surface area contributed by atoms with Crippen molar-refractivity contribution < 1.29 is 0 Å². The van der Waals surface area contributed by atoms with Crippen molar-refractivity contribution in [2.45, 2.75) is 38.6 Å². The van der Waals surface area contributed by atoms with E-state index in [0.717, 1.165) is 18.2 Å². The highest BCUT2D eigenvalue weighted by Crippen LogP contribution is 2.24. The minimum Gasteiger partial charge on any atom is -0.399 e. The van der Waals surface area contributed by atoms with Crippen LogP contribution in [0.25, 0.3) is 0 Å². The van der Waals surface area contributed by atoms with Gasteiger partial charge in [-0.2, -0.15) is 0 Å². The number of rotatable bonds is 4. The number of hydrogen-bond acceptors (Lipinski definition) is 2. The molecule has 0 bridgehead atoms. The average molecular weight is 232 g/mol. The molecule has 0 radical (unpaired) electrons. The predicted molar refractivity (Wildman–Crippen MR) is 73.8 cm³/mol. The van der Waals surface area contributed by atoms with Crippen LogP contribution < -0.4 is 5.73 Å². The van der Waals surface area contributed by atoms with E-state index in [0.29, 0.717) is 0 Å². The van der Waals surface area contributed by atoms with E-state index >= 15 is 0 Å². The van der Waals surface area contributed by atoms with Gasteiger partial charge in [0.25, 0.3) is 0 Å². The molecule has 1 aliphatic carbocycles. The van der Waals surface area contributed by atoms with E-state index in [-0.39, 0.29) is 0 Å². The Balaban J connectivity index is 1.79. The molecule has 0 spiro atoms. The van der Waals surface area contributed by atoms with Crippen LogP contribution in [0.3, 0.4) is 0 Å². The maximum atomic E-state index is 5.69. The van der Waals surface area contributed by atoms with Crippen molar-refractivity contribution in [3.05, 3.63) is 29.8 Å². The Hall–Kier alpha value is -1.02. The molecule has 1 aliphatic rings. The third-order valence-electron chi connectivity index (χ3n) is 3.73. The van der Waals surface area contributed by atoms with Crippen LogP contribution in [-0.2, 0) is 6.54 Å². The number of hydrogen-bond donors (Lipinski definition) is 1. The highest BCUT2D eigenvalue weighted by atomic mass is 15.1. The Morgan fingerprint density at radius 1 is 1.12 bits per heavy atom. The van der Waals surface area contributed by atoms with E-state index in [2.05, 4.69) is 24.1 Å². The van der Waals surface area contributed by atoms with Crippen molar-refractivity contribution in [2.75, 3.05) is 19.3 Å². The van der Waals surface area contributed by atoms with Crippen molar-refractivity contribution in [3.63, 3.8) is 0 Å². The molecule has 1 aromatic carbocycles. The highest BCUT2D eigenvalue weighted by molar-refractivity contribution is 5.39. The second-order valence-electron chi connectivity index (χ2n) is 5.44. The Bertz CT molecular complexity index is 325. The lowest BCUT2D eigenvalue weighted by Gasteiger charge is -2.27. The minimum absolute atomic E-state index is 0.851. The van der Waals surface area contributed by atoms with E-state index in [1.165, 1.54) is 44.2 Å². The maximum Gasteiger partial charge on any atom is 0.0314 e. The topological polar surface area (TPSA) is 29.3 Å². The average Bonchev–Trinajstić information content (AvgIpc) is 2.33. The molecule has 94 valence electrons. The van der Waals surface area contributed by atoms with Gasteiger partial charge in [0, 0.05) is 18.8 Å². The zero-order valence-electron chi connectivity index (χ0n) is 10.9. The number of nitrogen functional groups attached to an aromatic ring is 1. The summed E-state index contributed by atoms with van der Waals surface area (Å²) in [5, 5.41) is 0. The third-order valence-corrected chi connectivity index (χ3v) is 3.73. The second kappa shape index (κ2) is 6.06. The summed E-state index contributed by atoms with van der Waals surface area (Å²) in [6.07, 6.45) is 7.15. The lowest BCUT2D eigenvalue weighted by Crippen LogP contribution is -2.26. The summed E-state index contributed by atoms with van der Waals surface area (Å²) in [6, 6.07) is 8.24. The molecule has 1 saturated carbocycles. The monoisotopic (exact) mass is 232 g/mol. The highest BCUT2D eigenvalue weighted by Gasteiger charge is 2.15. The van der Waals surface area contributed by atoms with Crippen molar-refractivity contribution in [3.8, 4) is 0 Å². The Morgan fingerprint density at radius 2 is 1.76 bits per heavy atom. The summed E-state index contributed by atoms with van der Waals surface area (Å²) in [6.45, 7) is 2.28. The predicted octanol–water partition coefficient (Wildman–Crippen LogP) is 3.28. The van der Waals surface area contributed by atoms with E-state index in [4.69, 9.17) is 5.73 Å². The molecule has 2 heteroatoms. The van der Waals surface area contributed by atoms with Gasteiger partial charge in [0.1, 0.15) is 0 Å². The molecule has 0 heterocycles. The summed E-state index contributed by atoms with van der Waals surface area (Å²) in [7, 11) is 2.23. The fourth-order valence-corrected chi connectivity index (χ4v) is 2.81. The Kier molecular flexibility index (Phi) is 4.43. The molecule has 0 amide bonds. The summed E-state index contributed by atoms with van der Waals surface area (Å²) in [4.78, 5) is 2.45. The molecular weight excluding hydrogens is 208 g/mol. The van der Waals surface area contributed by atoms with Gasteiger partial charge < -0.3 is 10.6 Å². The molecule has 0 atom stereocenters. The Morgan fingerprint density at radius 3 is 2.41 bits per heavy atom. The SMILES string of the molecule is CN(Cc1ccc(N)cc1)CC1CCCCC1. The van der Waals surface area contributed by atoms with Gasteiger partial charge in [-0.15, -0.1) is 0 Å². The summed E-state index contributed by atoms with van der Waals surface area (Å²) >= 11 is 0. The maximum absolute atomic E-state index is 5.69. The minimum atomic E-state index is 0.851. The first-order valence-electron chi connectivity index (χ1n) is 6.77. The van der Waals surface area contributed by atoms with E-state index < -0.39 is 0 Å². The fourth-order valence-electron chi connectivity index (χ4n) is 2.81. The smallest absolute Gasteiger partial charge is 0.0314 e. The van der Waals surface area contributed by atoms with Crippen molar-refractivity contribution in [1.82, 2.24) is 4.90 Å². The standard InChI is InChI=1S/C15H24N2/c1-17(11-13-5-3-2-4-6-13)12-14-7-9-15(16)10-8-14/h7-10,13H,2-6,11-12,16H2,1H3. The van der Waals surface area contributed by atoms with Crippen LogP contribution in [0.15, 0.2) is 24.3 Å². The first-order chi connectivity index (χ1) is 8.24. The number of anilines is 1. The second-order valence-corrected chi connectivity index (χ2v) is 5.44. The quantitative estimate of drug-likeness (QED) is 0.807. The van der Waals surface area contributed by atoms with E-state index in [1.807, 2.05) is 12.1 Å². The number of nitrogens with zero attached hydrogens (tertiary/aromatic N) is 1. The molecule has 0 aliphatic heterocycles. The normalized spacial score (nSPS) is 17.5. The first-order valence-corrected chi connectivity index (χ1v) is 6.77. The van der Waals surface area contributed by atoms with Crippen molar-refractivity contribution >= 4 is 5.69 Å². The Labute approximate surface area is 105 Å². The van der Waals surface area contributed by atoms with E-state index in [9.17, 15) is 0 Å². The van der Waals surface area contributed by atoms with Gasteiger partial charge in [0.15, 0.2) is 0 Å². The molecule has 2 rings (SSSR count). The molecule has 2 N–H and O–H groups in total. The van der Waals surface area contributed by atoms with Crippen LogP contribution in [0.4, 0.5) is 5.69 Å². The van der Waals surface area contributed by atoms with Crippen LogP contribution in [0.2, 0.25) is 0 Å². The van der Waals surface area contributed by atoms with Crippen LogP contribution in [-0.4, -0.2) is 18.5 Å². The number of nitrogens with two attached hydrogens (primary N) is 1. The molecule has 0 saturated heterocycles. The lowest BCUT2D eigenvalue weighted by atomic mass is 9.89. The van der Waals surface area contributed by atoms with Crippen LogP contribution in [0, 0.1) is 5.92 Å². The van der Waals surface area contributed by atoms with Gasteiger partial charge in [-0.3, -0.25) is 0 Å². The molecule has 0 aromatic heterocycles. The molecule has 1 aromatic rings. The summed E-state index contributed by atoms with van der Waals surface area (Å²) < 4.78 is 0. The van der Waals surface area contributed by atoms with Gasteiger partial charge in [0.2, 0.25) is 0 Å². The van der Waals surface area contributed by atoms with E-state index in [1.54, 1.807) is 0 Å². The van der Waals surface area contributed by atoms with Crippen molar-refractivity contribution in [1.29, 1.82) is 0 Å². The van der Waals surface area contributed by atoms with Crippen LogP contribution in [0.5, 0.6) is 0 Å². The zero-order valence-corrected chi connectivity index (χ0v) is 10.9. The zero-order chi connectivity index (χ0) is 12.1. The first kappa shape index (κ1) is 12.4. The summed E-state index contributed by atoms with van der Waals surface area (Å²) in [5.74, 6) is 0.919. The van der Waals surface area contributed by atoms with Gasteiger partial charge in [-0.25, -0.2) is 0 Å². The summed E-state index contributed by atoms with van der Waals surface area (Å²) in [5.41, 5.74) is 7.90. The molecule has 17 heavy (non-hydrogen) atoms. The molecular formula is C15H24N2. The molecule has 1 fully saturated rings. The van der Waals surface area contributed by atoms with Gasteiger partial charge in [0.05, 0.1) is 0 Å². The number of benzene rings is 1. The van der Waals surface area contributed by atoms with Gasteiger partial charge >= 0.3 is 0 Å². The van der Waals surface area contributed by atoms with Crippen molar-refractivity contribution in [2.24, 2.45) is 5.92 Å². The van der Waals surface area contributed by atoms with Crippen LogP contribution >= 0.6 is 0 Å². The molecule has 2 nitrogen and oxygen atoms in total. The largest absolute Gasteiger partial charge is 0.399 e. The van der Waals surface area contributed by atoms with Gasteiger partial charge in [-0.1, -0.05) is 31.4 Å². The fraction of sp³-hybridized carbons (Fsp3) is 0.600. The molecule has 0 unspecified atom stereocenters.